The highest BCUT2D eigenvalue weighted by molar-refractivity contribution is 5.95. The van der Waals surface area contributed by atoms with Crippen LogP contribution in [-0.4, -0.2) is 39.9 Å². The van der Waals surface area contributed by atoms with Gasteiger partial charge in [-0.3, -0.25) is 14.9 Å². The minimum atomic E-state index is -0.506. The van der Waals surface area contributed by atoms with Crippen LogP contribution in [0, 0.1) is 10.1 Å². The fourth-order valence-corrected chi connectivity index (χ4v) is 2.53. The van der Waals surface area contributed by atoms with Gasteiger partial charge >= 0.3 is 0 Å². The topological polar surface area (TPSA) is 85.6 Å². The third kappa shape index (κ3) is 3.45. The monoisotopic (exact) mass is 313 g/mol. The van der Waals surface area contributed by atoms with E-state index >= 15 is 0 Å². The van der Waals surface area contributed by atoms with Gasteiger partial charge in [0.25, 0.3) is 11.6 Å². The molecule has 1 aliphatic heterocycles. The van der Waals surface area contributed by atoms with E-state index < -0.39 is 4.92 Å². The summed E-state index contributed by atoms with van der Waals surface area (Å²) in [6, 6.07) is 11.2. The fraction of sp³-hybridized carbons (Fsp3) is 0.250. The summed E-state index contributed by atoms with van der Waals surface area (Å²) in [5.74, 6) is 0.308. The number of hydrogen-bond donors (Lipinski definition) is 0. The lowest BCUT2D eigenvalue weighted by atomic mass is 10.2. The molecule has 2 aromatic rings. The van der Waals surface area contributed by atoms with Crippen LogP contribution in [0.1, 0.15) is 16.8 Å². The lowest BCUT2D eigenvalue weighted by Crippen LogP contribution is -2.31. The van der Waals surface area contributed by atoms with Crippen LogP contribution >= 0.6 is 0 Å². The lowest BCUT2D eigenvalue weighted by Gasteiger charge is -2.17. The van der Waals surface area contributed by atoms with Crippen molar-refractivity contribution in [3.05, 3.63) is 64.3 Å². The molecule has 0 aliphatic carbocycles. The van der Waals surface area contributed by atoms with Crippen molar-refractivity contribution < 1.29 is 14.5 Å². The molecule has 0 saturated carbocycles. The third-order valence-electron chi connectivity index (χ3n) is 3.66. The molecule has 3 rings (SSSR count). The first-order valence-electron chi connectivity index (χ1n) is 7.25. The molecule has 23 heavy (non-hydrogen) atoms. The molecule has 1 saturated heterocycles. The van der Waals surface area contributed by atoms with E-state index in [-0.39, 0.29) is 17.7 Å². The quantitative estimate of drug-likeness (QED) is 0.638. The normalized spacial score (nSPS) is 17.0. The van der Waals surface area contributed by atoms with Crippen LogP contribution in [0.25, 0.3) is 0 Å². The van der Waals surface area contributed by atoms with Crippen molar-refractivity contribution in [1.29, 1.82) is 0 Å². The molecule has 7 heteroatoms. The standard InChI is InChI=1S/C16H15N3O4/c20-16(12-4-3-5-13(10-12)19(21)22)18-9-7-14(11-18)23-15-6-1-2-8-17-15/h1-6,8,10,14H,7,9,11H2. The van der Waals surface area contributed by atoms with Crippen molar-refractivity contribution in [1.82, 2.24) is 9.88 Å². The van der Waals surface area contributed by atoms with Gasteiger partial charge in [0.05, 0.1) is 11.5 Å². The largest absolute Gasteiger partial charge is 0.472 e. The Balaban J connectivity index is 1.65. The Labute approximate surface area is 132 Å². The molecule has 0 bridgehead atoms. The Kier molecular flexibility index (Phi) is 4.18. The van der Waals surface area contributed by atoms with Gasteiger partial charge in [0, 0.05) is 42.9 Å². The first kappa shape index (κ1) is 15.0. The maximum absolute atomic E-state index is 12.5. The molecule has 0 spiro atoms. The predicted molar refractivity (Wildman–Crippen MR) is 82.3 cm³/mol. The summed E-state index contributed by atoms with van der Waals surface area (Å²) in [6.07, 6.45) is 2.24. The van der Waals surface area contributed by atoms with Crippen LogP contribution in [0.4, 0.5) is 5.69 Å². The number of aromatic nitrogens is 1. The summed E-state index contributed by atoms with van der Waals surface area (Å²) in [6.45, 7) is 0.997. The van der Waals surface area contributed by atoms with Gasteiger partial charge in [-0.05, 0) is 12.1 Å². The highest BCUT2D eigenvalue weighted by Gasteiger charge is 2.29. The summed E-state index contributed by atoms with van der Waals surface area (Å²) in [4.78, 5) is 28.5. The lowest BCUT2D eigenvalue weighted by molar-refractivity contribution is -0.384. The molecule has 1 aliphatic rings. The number of nitrogens with zero attached hydrogens (tertiary/aromatic N) is 3. The summed E-state index contributed by atoms with van der Waals surface area (Å²) in [5.41, 5.74) is 0.231. The summed E-state index contributed by atoms with van der Waals surface area (Å²) >= 11 is 0. The fourth-order valence-electron chi connectivity index (χ4n) is 2.53. The van der Waals surface area contributed by atoms with E-state index in [4.69, 9.17) is 4.74 Å². The molecule has 0 radical (unpaired) electrons. The maximum atomic E-state index is 12.5. The number of rotatable bonds is 4. The Bertz CT molecular complexity index is 720. The van der Waals surface area contributed by atoms with E-state index in [1.54, 1.807) is 29.3 Å². The average molecular weight is 313 g/mol. The minimum absolute atomic E-state index is 0.0867. The van der Waals surface area contributed by atoms with Crippen molar-refractivity contribution in [2.75, 3.05) is 13.1 Å². The second kappa shape index (κ2) is 6.43. The summed E-state index contributed by atoms with van der Waals surface area (Å²) in [5, 5.41) is 10.8. The first-order valence-corrected chi connectivity index (χ1v) is 7.25. The number of amides is 1. The molecule has 1 amide bonds. The van der Waals surface area contributed by atoms with Gasteiger partial charge < -0.3 is 9.64 Å². The Morgan fingerprint density at radius 2 is 2.17 bits per heavy atom. The van der Waals surface area contributed by atoms with E-state index in [1.807, 2.05) is 6.07 Å². The molecule has 118 valence electrons. The highest BCUT2D eigenvalue weighted by Crippen LogP contribution is 2.20. The van der Waals surface area contributed by atoms with Gasteiger partial charge in [0.2, 0.25) is 5.88 Å². The van der Waals surface area contributed by atoms with E-state index in [9.17, 15) is 14.9 Å². The van der Waals surface area contributed by atoms with E-state index in [2.05, 4.69) is 4.98 Å². The first-order chi connectivity index (χ1) is 11.1. The number of likely N-dealkylation sites (tertiary alicyclic amines) is 1. The van der Waals surface area contributed by atoms with Gasteiger partial charge in [-0.15, -0.1) is 0 Å². The van der Waals surface area contributed by atoms with Crippen molar-refractivity contribution in [3.63, 3.8) is 0 Å². The number of carbonyl (C=O) groups is 1. The number of carbonyl (C=O) groups excluding carboxylic acids is 1. The van der Waals surface area contributed by atoms with Crippen LogP contribution < -0.4 is 4.74 Å². The Hall–Kier alpha value is -2.96. The molecule has 0 N–H and O–H groups in total. The second-order valence-electron chi connectivity index (χ2n) is 5.26. The maximum Gasteiger partial charge on any atom is 0.270 e. The van der Waals surface area contributed by atoms with Crippen molar-refractivity contribution >= 4 is 11.6 Å². The van der Waals surface area contributed by atoms with Gasteiger partial charge in [0.1, 0.15) is 6.10 Å². The zero-order valence-electron chi connectivity index (χ0n) is 12.3. The SMILES string of the molecule is O=C(c1cccc([N+](=O)[O-])c1)N1CCC(Oc2ccccn2)C1. The third-order valence-corrected chi connectivity index (χ3v) is 3.66. The van der Waals surface area contributed by atoms with Gasteiger partial charge in [-0.1, -0.05) is 12.1 Å². The number of nitro benzene ring substituents is 1. The Morgan fingerprint density at radius 3 is 2.91 bits per heavy atom. The second-order valence-corrected chi connectivity index (χ2v) is 5.26. The number of nitro groups is 1. The van der Waals surface area contributed by atoms with Gasteiger partial charge in [-0.25, -0.2) is 4.98 Å². The van der Waals surface area contributed by atoms with Crippen molar-refractivity contribution in [2.24, 2.45) is 0 Å². The van der Waals surface area contributed by atoms with Crippen LogP contribution in [-0.2, 0) is 0 Å². The highest BCUT2D eigenvalue weighted by atomic mass is 16.6. The van der Waals surface area contributed by atoms with Crippen LogP contribution in [0.2, 0.25) is 0 Å². The summed E-state index contributed by atoms with van der Waals surface area (Å²) in [7, 11) is 0. The number of ether oxygens (including phenoxy) is 1. The number of hydrogen-bond acceptors (Lipinski definition) is 5. The number of non-ortho nitro benzene ring substituents is 1. The van der Waals surface area contributed by atoms with E-state index in [0.29, 0.717) is 31.0 Å². The van der Waals surface area contributed by atoms with Crippen LogP contribution in [0.3, 0.4) is 0 Å². The van der Waals surface area contributed by atoms with Crippen molar-refractivity contribution in [2.45, 2.75) is 12.5 Å². The molecule has 1 aromatic heterocycles. The van der Waals surface area contributed by atoms with Crippen molar-refractivity contribution in [3.8, 4) is 5.88 Å². The molecule has 2 heterocycles. The molecule has 1 unspecified atom stereocenters. The zero-order chi connectivity index (χ0) is 16.2. The number of benzene rings is 1. The van der Waals surface area contributed by atoms with Crippen LogP contribution in [0.5, 0.6) is 5.88 Å². The molecule has 7 nitrogen and oxygen atoms in total. The molecular weight excluding hydrogens is 298 g/mol. The summed E-state index contributed by atoms with van der Waals surface area (Å²) < 4.78 is 5.74. The molecule has 1 aromatic carbocycles. The minimum Gasteiger partial charge on any atom is -0.472 e. The molecule has 1 fully saturated rings. The van der Waals surface area contributed by atoms with Gasteiger partial charge in [0.15, 0.2) is 0 Å². The van der Waals surface area contributed by atoms with E-state index in [1.165, 1.54) is 18.2 Å². The van der Waals surface area contributed by atoms with Crippen LogP contribution in [0.15, 0.2) is 48.7 Å². The predicted octanol–water partition coefficient (Wildman–Crippen LogP) is 2.28. The van der Waals surface area contributed by atoms with Gasteiger partial charge in [-0.2, -0.15) is 0 Å². The van der Waals surface area contributed by atoms with E-state index in [0.717, 1.165) is 0 Å². The molecular formula is C16H15N3O4. The zero-order valence-corrected chi connectivity index (χ0v) is 12.3. The number of pyridine rings is 1. The average Bonchev–Trinajstić information content (AvgIpc) is 3.03. The molecule has 1 atom stereocenters. The smallest absolute Gasteiger partial charge is 0.270 e. The Morgan fingerprint density at radius 1 is 1.30 bits per heavy atom.